The van der Waals surface area contributed by atoms with E-state index in [2.05, 4.69) is 22.6 Å². The highest BCUT2D eigenvalue weighted by Gasteiger charge is 2.23. The Kier molecular flexibility index (Phi) is 7.96. The molecular formula is C23H35N3O4. The number of carbonyl (C=O) groups is 1. The third-order valence-electron chi connectivity index (χ3n) is 6.18. The van der Waals surface area contributed by atoms with Gasteiger partial charge in [-0.3, -0.25) is 0 Å². The molecule has 1 aromatic carbocycles. The van der Waals surface area contributed by atoms with Gasteiger partial charge in [-0.25, -0.2) is 4.79 Å². The lowest BCUT2D eigenvalue weighted by atomic mass is 9.91. The van der Waals surface area contributed by atoms with E-state index in [0.717, 1.165) is 66.5 Å². The van der Waals surface area contributed by atoms with Crippen molar-refractivity contribution in [2.24, 2.45) is 5.92 Å². The fourth-order valence-corrected chi connectivity index (χ4v) is 4.42. The zero-order valence-corrected chi connectivity index (χ0v) is 18.4. The Hall–Kier alpha value is -2.28. The highest BCUT2D eigenvalue weighted by atomic mass is 16.5. The SMILES string of the molecule is CNC.Cc1c(OC2CCCC2)ccc2c(CCC3CCN(C(=O)O)CC3)noc12. The second kappa shape index (κ2) is 10.7. The molecule has 2 N–H and O–H groups in total. The van der Waals surface area contributed by atoms with E-state index in [1.165, 1.54) is 17.7 Å². The fraction of sp³-hybridized carbons (Fsp3) is 0.652. The van der Waals surface area contributed by atoms with Crippen LogP contribution in [0.2, 0.25) is 0 Å². The molecule has 0 unspecified atom stereocenters. The Balaban J connectivity index is 0.000000806. The van der Waals surface area contributed by atoms with Gasteiger partial charge in [0.2, 0.25) is 0 Å². The average molecular weight is 418 g/mol. The van der Waals surface area contributed by atoms with Crippen LogP contribution in [0.15, 0.2) is 16.7 Å². The van der Waals surface area contributed by atoms with Crippen LogP contribution in [0, 0.1) is 12.8 Å². The molecule has 30 heavy (non-hydrogen) atoms. The first-order chi connectivity index (χ1) is 14.5. The number of carboxylic acid groups (broad SMARTS) is 1. The molecule has 0 radical (unpaired) electrons. The van der Waals surface area contributed by atoms with Gasteiger partial charge in [0.05, 0.1) is 11.8 Å². The molecule has 1 saturated heterocycles. The number of piperidine rings is 1. The highest BCUT2D eigenvalue weighted by molar-refractivity contribution is 5.84. The number of nitrogens with zero attached hydrogens (tertiary/aromatic N) is 2. The molecule has 2 fully saturated rings. The van der Waals surface area contributed by atoms with E-state index in [-0.39, 0.29) is 0 Å². The number of ether oxygens (including phenoxy) is 1. The van der Waals surface area contributed by atoms with Crippen molar-refractivity contribution in [3.05, 3.63) is 23.4 Å². The first-order valence-corrected chi connectivity index (χ1v) is 11.1. The summed E-state index contributed by atoms with van der Waals surface area (Å²) >= 11 is 0. The molecule has 1 amide bonds. The highest BCUT2D eigenvalue weighted by Crippen LogP contribution is 2.33. The van der Waals surface area contributed by atoms with Gasteiger partial charge in [-0.05, 0) is 90.4 Å². The van der Waals surface area contributed by atoms with E-state index in [4.69, 9.17) is 14.4 Å². The smallest absolute Gasteiger partial charge is 0.407 e. The van der Waals surface area contributed by atoms with Gasteiger partial charge in [-0.15, -0.1) is 0 Å². The molecule has 2 aliphatic rings. The second-order valence-corrected chi connectivity index (χ2v) is 8.47. The van der Waals surface area contributed by atoms with Crippen molar-refractivity contribution >= 4 is 17.1 Å². The van der Waals surface area contributed by atoms with E-state index in [9.17, 15) is 4.79 Å². The van der Waals surface area contributed by atoms with E-state index < -0.39 is 6.09 Å². The van der Waals surface area contributed by atoms with Crippen molar-refractivity contribution < 1.29 is 19.2 Å². The summed E-state index contributed by atoms with van der Waals surface area (Å²) < 4.78 is 11.8. The van der Waals surface area contributed by atoms with Crippen molar-refractivity contribution in [3.63, 3.8) is 0 Å². The van der Waals surface area contributed by atoms with Gasteiger partial charge in [0.15, 0.2) is 5.58 Å². The van der Waals surface area contributed by atoms with Gasteiger partial charge < -0.3 is 24.6 Å². The second-order valence-electron chi connectivity index (χ2n) is 8.47. The number of likely N-dealkylation sites (tertiary alicyclic amines) is 1. The summed E-state index contributed by atoms with van der Waals surface area (Å²) in [4.78, 5) is 12.5. The van der Waals surface area contributed by atoms with Crippen LogP contribution in [0.1, 0.15) is 56.2 Å². The minimum Gasteiger partial charge on any atom is -0.490 e. The maximum absolute atomic E-state index is 11.0. The van der Waals surface area contributed by atoms with Crippen molar-refractivity contribution in [2.75, 3.05) is 27.2 Å². The predicted molar refractivity (Wildman–Crippen MR) is 117 cm³/mol. The lowest BCUT2D eigenvalue weighted by Crippen LogP contribution is -2.37. The molecule has 2 aromatic rings. The molecule has 0 bridgehead atoms. The number of amides is 1. The quantitative estimate of drug-likeness (QED) is 0.738. The summed E-state index contributed by atoms with van der Waals surface area (Å²) in [6, 6.07) is 4.13. The summed E-state index contributed by atoms with van der Waals surface area (Å²) in [6.07, 6.45) is 8.07. The van der Waals surface area contributed by atoms with Gasteiger partial charge in [0, 0.05) is 24.0 Å². The minimum absolute atomic E-state index is 0.334. The van der Waals surface area contributed by atoms with Gasteiger partial charge in [0.1, 0.15) is 5.75 Å². The summed E-state index contributed by atoms with van der Waals surface area (Å²) in [5, 5.41) is 17.2. The first-order valence-electron chi connectivity index (χ1n) is 11.1. The van der Waals surface area contributed by atoms with Crippen LogP contribution < -0.4 is 10.1 Å². The summed E-state index contributed by atoms with van der Waals surface area (Å²) in [5.41, 5.74) is 2.87. The number of benzene rings is 1. The maximum atomic E-state index is 11.0. The van der Waals surface area contributed by atoms with Crippen molar-refractivity contribution in [2.45, 2.75) is 64.4 Å². The van der Waals surface area contributed by atoms with Crippen LogP contribution in [0.25, 0.3) is 11.0 Å². The molecule has 7 nitrogen and oxygen atoms in total. The third kappa shape index (κ3) is 5.45. The number of nitrogens with one attached hydrogen (secondary N) is 1. The summed E-state index contributed by atoms with van der Waals surface area (Å²) in [5.74, 6) is 1.47. The van der Waals surface area contributed by atoms with E-state index in [0.29, 0.717) is 25.1 Å². The molecule has 4 rings (SSSR count). The maximum Gasteiger partial charge on any atom is 0.407 e. The van der Waals surface area contributed by atoms with Crippen LogP contribution >= 0.6 is 0 Å². The molecule has 1 saturated carbocycles. The fourth-order valence-electron chi connectivity index (χ4n) is 4.42. The summed E-state index contributed by atoms with van der Waals surface area (Å²) in [6.45, 7) is 3.32. The number of fused-ring (bicyclic) bond motifs is 1. The van der Waals surface area contributed by atoms with Gasteiger partial charge >= 0.3 is 6.09 Å². The van der Waals surface area contributed by atoms with E-state index >= 15 is 0 Å². The predicted octanol–water partition coefficient (Wildman–Crippen LogP) is 4.62. The zero-order valence-electron chi connectivity index (χ0n) is 18.4. The van der Waals surface area contributed by atoms with Gasteiger partial charge in [0.25, 0.3) is 0 Å². The van der Waals surface area contributed by atoms with Crippen LogP contribution in [0.3, 0.4) is 0 Å². The monoisotopic (exact) mass is 417 g/mol. The zero-order chi connectivity index (χ0) is 21.5. The topological polar surface area (TPSA) is 87.8 Å². The van der Waals surface area contributed by atoms with Crippen molar-refractivity contribution in [3.8, 4) is 5.75 Å². The molecule has 1 aliphatic carbocycles. The van der Waals surface area contributed by atoms with Crippen LogP contribution in [-0.2, 0) is 6.42 Å². The minimum atomic E-state index is -0.804. The molecule has 7 heteroatoms. The van der Waals surface area contributed by atoms with Crippen molar-refractivity contribution in [1.29, 1.82) is 0 Å². The van der Waals surface area contributed by atoms with Gasteiger partial charge in [-0.1, -0.05) is 5.16 Å². The van der Waals surface area contributed by atoms with Crippen LogP contribution in [-0.4, -0.2) is 54.5 Å². The van der Waals surface area contributed by atoms with Gasteiger partial charge in [-0.2, -0.15) is 0 Å². The number of rotatable bonds is 5. The van der Waals surface area contributed by atoms with Crippen LogP contribution in [0.5, 0.6) is 5.75 Å². The molecule has 166 valence electrons. The number of aromatic nitrogens is 1. The molecular weight excluding hydrogens is 382 g/mol. The molecule has 0 atom stereocenters. The lowest BCUT2D eigenvalue weighted by Gasteiger charge is -2.29. The van der Waals surface area contributed by atoms with E-state index in [1.54, 1.807) is 0 Å². The largest absolute Gasteiger partial charge is 0.490 e. The molecule has 1 aliphatic heterocycles. The Labute approximate surface area is 178 Å². The average Bonchev–Trinajstić information content (AvgIpc) is 3.39. The first kappa shape index (κ1) is 22.4. The Morgan fingerprint density at radius 2 is 1.90 bits per heavy atom. The Morgan fingerprint density at radius 1 is 1.23 bits per heavy atom. The third-order valence-corrected chi connectivity index (χ3v) is 6.18. The number of hydrogen-bond acceptors (Lipinski definition) is 5. The van der Waals surface area contributed by atoms with E-state index in [1.807, 2.05) is 21.0 Å². The van der Waals surface area contributed by atoms with Crippen LogP contribution in [0.4, 0.5) is 4.79 Å². The lowest BCUT2D eigenvalue weighted by molar-refractivity contribution is 0.123. The van der Waals surface area contributed by atoms with Crippen molar-refractivity contribution in [1.82, 2.24) is 15.4 Å². The molecule has 1 aromatic heterocycles. The Bertz CT molecular complexity index is 821. The molecule has 0 spiro atoms. The summed E-state index contributed by atoms with van der Waals surface area (Å²) in [7, 11) is 3.75. The standard InChI is InChI=1S/C21H28N2O4.C2H7N/c1-14-19(26-16-4-2-3-5-16)9-7-17-18(22-27-20(14)17)8-6-15-10-12-23(13-11-15)21(24)25;1-3-2/h7,9,15-16H,2-6,8,10-13H2,1H3,(H,24,25);3H,1-2H3. The Morgan fingerprint density at radius 3 is 2.53 bits per heavy atom. The normalized spacial score (nSPS) is 17.8. The number of hydrogen-bond donors (Lipinski definition) is 2. The number of aryl methyl sites for hydroxylation is 2. The molecule has 2 heterocycles.